The van der Waals surface area contributed by atoms with Crippen molar-refractivity contribution in [2.45, 2.75) is 0 Å². The third-order valence-corrected chi connectivity index (χ3v) is 3.59. The molecule has 0 saturated carbocycles. The summed E-state index contributed by atoms with van der Waals surface area (Å²) >= 11 is 0. The second kappa shape index (κ2) is 6.32. The molecule has 0 amide bonds. The molecule has 0 heterocycles. The Balaban J connectivity index is 1.75. The molecule has 23 heavy (non-hydrogen) atoms. The number of nitrogen functional groups attached to an aromatic ring is 1. The Labute approximate surface area is 134 Å². The topological polar surface area (TPSA) is 76.2 Å². The van der Waals surface area contributed by atoms with Crippen molar-refractivity contribution >= 4 is 22.4 Å². The SMILES string of the molecule is N=C(N)c1ccc2cc(OCC(=O)c3ccccc3)ccc2c1. The maximum Gasteiger partial charge on any atom is 0.200 e. The number of hydrogen-bond donors (Lipinski definition) is 2. The van der Waals surface area contributed by atoms with Gasteiger partial charge >= 0.3 is 0 Å². The van der Waals surface area contributed by atoms with Crippen molar-refractivity contribution in [3.63, 3.8) is 0 Å². The fourth-order valence-corrected chi connectivity index (χ4v) is 2.34. The van der Waals surface area contributed by atoms with Gasteiger partial charge < -0.3 is 10.5 Å². The maximum atomic E-state index is 12.0. The van der Waals surface area contributed by atoms with Crippen molar-refractivity contribution in [2.75, 3.05) is 6.61 Å². The Bertz CT molecular complexity index is 873. The zero-order valence-electron chi connectivity index (χ0n) is 12.5. The lowest BCUT2D eigenvalue weighted by atomic mass is 10.1. The van der Waals surface area contributed by atoms with Crippen LogP contribution in [0.4, 0.5) is 0 Å². The molecule has 0 aliphatic carbocycles. The molecular weight excluding hydrogens is 288 g/mol. The number of carbonyl (C=O) groups excluding carboxylic acids is 1. The average molecular weight is 304 g/mol. The molecule has 0 unspecified atom stereocenters. The number of fused-ring (bicyclic) bond motifs is 1. The number of amidine groups is 1. The molecule has 3 N–H and O–H groups in total. The molecule has 3 aromatic carbocycles. The first-order chi connectivity index (χ1) is 11.1. The Morgan fingerprint density at radius 2 is 1.61 bits per heavy atom. The van der Waals surface area contributed by atoms with Crippen LogP contribution in [0, 0.1) is 5.41 Å². The van der Waals surface area contributed by atoms with Gasteiger partial charge in [-0.05, 0) is 29.0 Å². The van der Waals surface area contributed by atoms with E-state index in [-0.39, 0.29) is 18.2 Å². The summed E-state index contributed by atoms with van der Waals surface area (Å²) < 4.78 is 5.59. The Morgan fingerprint density at radius 1 is 0.913 bits per heavy atom. The largest absolute Gasteiger partial charge is 0.485 e. The van der Waals surface area contributed by atoms with E-state index in [2.05, 4.69) is 0 Å². The van der Waals surface area contributed by atoms with Crippen molar-refractivity contribution in [3.05, 3.63) is 77.9 Å². The zero-order valence-corrected chi connectivity index (χ0v) is 12.5. The van der Waals surface area contributed by atoms with Gasteiger partial charge in [-0.15, -0.1) is 0 Å². The summed E-state index contributed by atoms with van der Waals surface area (Å²) in [5, 5.41) is 9.41. The highest BCUT2D eigenvalue weighted by Gasteiger charge is 2.07. The third kappa shape index (κ3) is 3.37. The molecule has 0 spiro atoms. The predicted octanol–water partition coefficient (Wildman–Crippen LogP) is 3.39. The molecule has 114 valence electrons. The van der Waals surface area contributed by atoms with Crippen LogP contribution in [0.3, 0.4) is 0 Å². The number of ether oxygens (including phenoxy) is 1. The molecule has 0 bridgehead atoms. The van der Waals surface area contributed by atoms with Crippen LogP contribution < -0.4 is 10.5 Å². The van der Waals surface area contributed by atoms with Crippen LogP contribution in [0.1, 0.15) is 15.9 Å². The highest BCUT2D eigenvalue weighted by Crippen LogP contribution is 2.22. The number of benzene rings is 3. The number of hydrogen-bond acceptors (Lipinski definition) is 3. The van der Waals surface area contributed by atoms with Gasteiger partial charge in [0, 0.05) is 11.1 Å². The average Bonchev–Trinajstić information content (AvgIpc) is 2.59. The summed E-state index contributed by atoms with van der Waals surface area (Å²) in [7, 11) is 0. The molecule has 4 heteroatoms. The first kappa shape index (κ1) is 14.8. The quantitative estimate of drug-likeness (QED) is 0.431. The minimum atomic E-state index is -0.0578. The fraction of sp³-hybridized carbons (Fsp3) is 0.0526. The second-order valence-corrected chi connectivity index (χ2v) is 5.22. The van der Waals surface area contributed by atoms with E-state index in [1.54, 1.807) is 18.2 Å². The number of carbonyl (C=O) groups is 1. The Kier molecular flexibility index (Phi) is 4.06. The monoisotopic (exact) mass is 304 g/mol. The van der Waals surface area contributed by atoms with Crippen molar-refractivity contribution in [2.24, 2.45) is 5.73 Å². The number of Topliss-reactive ketones (excluding diaryl/α,β-unsaturated/α-hetero) is 1. The van der Waals surface area contributed by atoms with Crippen LogP contribution in [0.15, 0.2) is 66.7 Å². The number of ketones is 1. The van der Waals surface area contributed by atoms with Gasteiger partial charge in [0.05, 0.1) is 0 Å². The number of rotatable bonds is 5. The van der Waals surface area contributed by atoms with E-state index in [0.717, 1.165) is 10.8 Å². The smallest absolute Gasteiger partial charge is 0.200 e. The summed E-state index contributed by atoms with van der Waals surface area (Å²) in [6.07, 6.45) is 0. The second-order valence-electron chi connectivity index (χ2n) is 5.22. The van der Waals surface area contributed by atoms with Gasteiger partial charge in [0.1, 0.15) is 11.6 Å². The molecule has 3 aromatic rings. The van der Waals surface area contributed by atoms with Crippen LogP contribution >= 0.6 is 0 Å². The summed E-state index contributed by atoms with van der Waals surface area (Å²) in [6, 6.07) is 20.2. The molecule has 0 aromatic heterocycles. The summed E-state index contributed by atoms with van der Waals surface area (Å²) in [6.45, 7) is 0.00104. The van der Waals surface area contributed by atoms with E-state index in [1.807, 2.05) is 48.5 Å². The molecule has 0 saturated heterocycles. The molecular formula is C19H16N2O2. The highest BCUT2D eigenvalue weighted by molar-refractivity contribution is 5.99. The Morgan fingerprint density at radius 3 is 2.35 bits per heavy atom. The molecule has 0 aliphatic rings. The highest BCUT2D eigenvalue weighted by atomic mass is 16.5. The summed E-state index contributed by atoms with van der Waals surface area (Å²) in [4.78, 5) is 12.0. The van der Waals surface area contributed by atoms with Crippen LogP contribution in [0.5, 0.6) is 5.75 Å². The molecule has 0 atom stereocenters. The van der Waals surface area contributed by atoms with Gasteiger partial charge in [-0.25, -0.2) is 0 Å². The molecule has 4 nitrogen and oxygen atoms in total. The first-order valence-corrected chi connectivity index (χ1v) is 7.23. The van der Waals surface area contributed by atoms with Crippen molar-refractivity contribution in [1.29, 1.82) is 5.41 Å². The van der Waals surface area contributed by atoms with Gasteiger partial charge in [0.25, 0.3) is 0 Å². The lowest BCUT2D eigenvalue weighted by molar-refractivity contribution is 0.0921. The van der Waals surface area contributed by atoms with Crippen molar-refractivity contribution in [1.82, 2.24) is 0 Å². The normalized spacial score (nSPS) is 10.4. The van der Waals surface area contributed by atoms with Gasteiger partial charge in [0.2, 0.25) is 0 Å². The molecule has 0 fully saturated rings. The van der Waals surface area contributed by atoms with Gasteiger partial charge in [0.15, 0.2) is 12.4 Å². The van der Waals surface area contributed by atoms with E-state index in [0.29, 0.717) is 16.9 Å². The zero-order chi connectivity index (χ0) is 16.2. The van der Waals surface area contributed by atoms with Gasteiger partial charge in [-0.3, -0.25) is 10.2 Å². The van der Waals surface area contributed by atoms with Crippen LogP contribution in [-0.4, -0.2) is 18.2 Å². The summed E-state index contributed by atoms with van der Waals surface area (Å²) in [5.41, 5.74) is 6.82. The van der Waals surface area contributed by atoms with E-state index in [1.165, 1.54) is 0 Å². The first-order valence-electron chi connectivity index (χ1n) is 7.23. The molecule has 0 aliphatic heterocycles. The number of nitrogens with two attached hydrogens (primary N) is 1. The summed E-state index contributed by atoms with van der Waals surface area (Å²) in [5.74, 6) is 0.621. The third-order valence-electron chi connectivity index (χ3n) is 3.59. The van der Waals surface area contributed by atoms with Crippen molar-refractivity contribution in [3.8, 4) is 5.75 Å². The van der Waals surface area contributed by atoms with Gasteiger partial charge in [-0.2, -0.15) is 0 Å². The predicted molar refractivity (Wildman–Crippen MR) is 91.2 cm³/mol. The van der Waals surface area contributed by atoms with E-state index in [4.69, 9.17) is 15.9 Å². The molecule has 3 rings (SSSR count). The van der Waals surface area contributed by atoms with E-state index in [9.17, 15) is 4.79 Å². The standard InChI is InChI=1S/C19H16N2O2/c20-19(21)16-7-6-15-11-17(9-8-14(15)10-16)23-12-18(22)13-4-2-1-3-5-13/h1-11H,12H2,(H3,20,21). The number of nitrogens with one attached hydrogen (secondary N) is 1. The van der Waals surface area contributed by atoms with E-state index >= 15 is 0 Å². The minimum Gasteiger partial charge on any atom is -0.485 e. The lowest BCUT2D eigenvalue weighted by Gasteiger charge is -2.08. The lowest BCUT2D eigenvalue weighted by Crippen LogP contribution is -2.11. The van der Waals surface area contributed by atoms with E-state index < -0.39 is 0 Å². The van der Waals surface area contributed by atoms with Crippen molar-refractivity contribution < 1.29 is 9.53 Å². The van der Waals surface area contributed by atoms with Crippen LogP contribution in [0.2, 0.25) is 0 Å². The van der Waals surface area contributed by atoms with Gasteiger partial charge in [-0.1, -0.05) is 48.5 Å². The maximum absolute atomic E-state index is 12.0. The molecule has 0 radical (unpaired) electrons. The Hall–Kier alpha value is -3.14. The van der Waals surface area contributed by atoms with Crippen LogP contribution in [0.25, 0.3) is 10.8 Å². The van der Waals surface area contributed by atoms with Crippen LogP contribution in [-0.2, 0) is 0 Å². The fourth-order valence-electron chi connectivity index (χ4n) is 2.34. The minimum absolute atomic E-state index is 0.00104.